The van der Waals surface area contributed by atoms with Crippen LogP contribution in [0, 0.1) is 0 Å². The summed E-state index contributed by atoms with van der Waals surface area (Å²) in [5.41, 5.74) is 1.22. The second-order valence-electron chi connectivity index (χ2n) is 5.44. The average molecular weight is 326 g/mol. The van der Waals surface area contributed by atoms with E-state index in [1.807, 2.05) is 0 Å². The third-order valence-corrected chi connectivity index (χ3v) is 3.47. The smallest absolute Gasteiger partial charge is 0.224 e. The maximum Gasteiger partial charge on any atom is 0.224 e. The molecule has 5 heteroatoms. The van der Waals surface area contributed by atoms with E-state index in [9.17, 15) is 9.59 Å². The minimum absolute atomic E-state index is 0.0588. The van der Waals surface area contributed by atoms with E-state index in [1.165, 1.54) is 0 Å². The van der Waals surface area contributed by atoms with E-state index in [-0.39, 0.29) is 24.5 Å². The highest BCUT2D eigenvalue weighted by Crippen LogP contribution is 2.15. The predicted octanol–water partition coefficient (Wildman–Crippen LogP) is 3.86. The summed E-state index contributed by atoms with van der Waals surface area (Å²) in [7, 11) is 0. The van der Waals surface area contributed by atoms with Gasteiger partial charge in [0, 0.05) is 24.6 Å². The van der Waals surface area contributed by atoms with Gasteiger partial charge in [-0.15, -0.1) is 0 Å². The number of nitrogens with zero attached hydrogens (tertiary/aromatic N) is 1. The molecule has 5 nitrogen and oxygen atoms in total. The van der Waals surface area contributed by atoms with Gasteiger partial charge in [0.25, 0.3) is 0 Å². The van der Waals surface area contributed by atoms with Crippen molar-refractivity contribution in [1.82, 2.24) is 4.98 Å². The second kappa shape index (κ2) is 9.45. The Kier molecular flexibility index (Phi) is 6.95. The monoisotopic (exact) mass is 326 g/mol. The number of amides is 1. The molecule has 0 aliphatic heterocycles. The summed E-state index contributed by atoms with van der Waals surface area (Å²) in [5.74, 6) is 0.502. The summed E-state index contributed by atoms with van der Waals surface area (Å²) in [6.45, 7) is 2.79. The molecule has 1 heterocycles. The Hall–Kier alpha value is -2.69. The van der Waals surface area contributed by atoms with Crippen LogP contribution in [0.1, 0.15) is 43.0 Å². The molecule has 0 fully saturated rings. The van der Waals surface area contributed by atoms with Crippen LogP contribution in [-0.2, 0) is 4.79 Å². The molecule has 1 aromatic heterocycles. The molecule has 0 saturated carbocycles. The maximum absolute atomic E-state index is 12.1. The van der Waals surface area contributed by atoms with Gasteiger partial charge in [-0.1, -0.05) is 13.3 Å². The Morgan fingerprint density at radius 2 is 1.92 bits per heavy atom. The molecule has 0 atom stereocenters. The number of hydrogen-bond acceptors (Lipinski definition) is 4. The molecule has 1 aromatic carbocycles. The number of ether oxygens (including phenoxy) is 1. The zero-order chi connectivity index (χ0) is 17.2. The van der Waals surface area contributed by atoms with Crippen LogP contribution in [0.25, 0.3) is 0 Å². The van der Waals surface area contributed by atoms with Gasteiger partial charge in [0.1, 0.15) is 5.75 Å². The van der Waals surface area contributed by atoms with Gasteiger partial charge >= 0.3 is 0 Å². The number of benzene rings is 1. The molecule has 0 saturated heterocycles. The van der Waals surface area contributed by atoms with Gasteiger partial charge in [0.05, 0.1) is 18.5 Å². The quantitative estimate of drug-likeness (QED) is 0.561. The molecule has 0 aliphatic rings. The molecule has 1 amide bonds. The minimum atomic E-state index is -0.198. The number of unbranched alkanes of at least 4 members (excludes halogenated alkanes) is 1. The summed E-state index contributed by atoms with van der Waals surface area (Å²) in [6, 6.07) is 10.6. The van der Waals surface area contributed by atoms with Crippen LogP contribution in [0.3, 0.4) is 0 Å². The topological polar surface area (TPSA) is 68.3 Å². The fraction of sp³-hybridized carbons (Fsp3) is 0.316. The van der Waals surface area contributed by atoms with Gasteiger partial charge in [0.2, 0.25) is 5.91 Å². The number of aromatic nitrogens is 1. The number of carbonyl (C=O) groups is 2. The lowest BCUT2D eigenvalue weighted by atomic mass is 10.1. The van der Waals surface area contributed by atoms with Crippen molar-refractivity contribution < 1.29 is 14.3 Å². The van der Waals surface area contributed by atoms with Crippen molar-refractivity contribution in [3.8, 4) is 5.75 Å². The molecule has 24 heavy (non-hydrogen) atoms. The van der Waals surface area contributed by atoms with Gasteiger partial charge in [-0.25, -0.2) is 0 Å². The first-order valence-corrected chi connectivity index (χ1v) is 8.15. The van der Waals surface area contributed by atoms with Gasteiger partial charge in [0.15, 0.2) is 5.78 Å². The van der Waals surface area contributed by atoms with E-state index in [0.29, 0.717) is 17.9 Å². The third kappa shape index (κ3) is 5.83. The van der Waals surface area contributed by atoms with Gasteiger partial charge in [-0.2, -0.15) is 0 Å². The average Bonchev–Trinajstić information content (AvgIpc) is 2.61. The van der Waals surface area contributed by atoms with Crippen LogP contribution in [0.5, 0.6) is 5.75 Å². The zero-order valence-electron chi connectivity index (χ0n) is 13.8. The largest absolute Gasteiger partial charge is 0.494 e. The van der Waals surface area contributed by atoms with E-state index in [1.54, 1.807) is 48.8 Å². The Balaban J connectivity index is 1.78. The predicted molar refractivity (Wildman–Crippen MR) is 93.3 cm³/mol. The van der Waals surface area contributed by atoms with Crippen molar-refractivity contribution in [2.45, 2.75) is 32.6 Å². The first kappa shape index (κ1) is 17.7. The first-order valence-electron chi connectivity index (χ1n) is 8.15. The molecule has 126 valence electrons. The van der Waals surface area contributed by atoms with Crippen LogP contribution < -0.4 is 10.1 Å². The van der Waals surface area contributed by atoms with Crippen molar-refractivity contribution in [2.24, 2.45) is 0 Å². The maximum atomic E-state index is 12.1. The number of rotatable bonds is 9. The minimum Gasteiger partial charge on any atom is -0.494 e. The van der Waals surface area contributed by atoms with Crippen LogP contribution in [0.4, 0.5) is 5.69 Å². The number of anilines is 1. The molecule has 0 aliphatic carbocycles. The lowest BCUT2D eigenvalue weighted by molar-refractivity contribution is -0.116. The Bertz CT molecular complexity index is 654. The molecule has 2 aromatic rings. The van der Waals surface area contributed by atoms with E-state index >= 15 is 0 Å². The summed E-state index contributed by atoms with van der Waals surface area (Å²) in [4.78, 5) is 27.9. The number of pyridine rings is 1. The van der Waals surface area contributed by atoms with Crippen molar-refractivity contribution in [1.29, 1.82) is 0 Å². The van der Waals surface area contributed by atoms with Crippen molar-refractivity contribution in [2.75, 3.05) is 11.9 Å². The van der Waals surface area contributed by atoms with Crippen molar-refractivity contribution in [3.05, 3.63) is 54.4 Å². The van der Waals surface area contributed by atoms with E-state index in [4.69, 9.17) is 4.74 Å². The lowest BCUT2D eigenvalue weighted by Crippen LogP contribution is -2.13. The molecule has 1 N–H and O–H groups in total. The van der Waals surface area contributed by atoms with E-state index in [2.05, 4.69) is 17.2 Å². The summed E-state index contributed by atoms with van der Waals surface area (Å²) < 4.78 is 5.56. The van der Waals surface area contributed by atoms with E-state index in [0.717, 1.165) is 18.6 Å². The fourth-order valence-corrected chi connectivity index (χ4v) is 2.10. The SMILES string of the molecule is CCCCOc1ccc(C(=O)CCC(=O)Nc2cccnc2)cc1. The number of hydrogen-bond donors (Lipinski definition) is 1. The molecule has 0 spiro atoms. The summed E-state index contributed by atoms with van der Waals surface area (Å²) in [6.07, 6.45) is 5.60. The van der Waals surface area contributed by atoms with E-state index < -0.39 is 0 Å². The standard InChI is InChI=1S/C19H22N2O3/c1-2-3-13-24-17-8-6-15(7-9-17)18(22)10-11-19(23)21-16-5-4-12-20-14-16/h4-9,12,14H,2-3,10-11,13H2,1H3,(H,21,23). The molecule has 0 unspecified atom stereocenters. The van der Waals surface area contributed by atoms with Crippen LogP contribution in [0.2, 0.25) is 0 Å². The normalized spacial score (nSPS) is 10.2. The van der Waals surface area contributed by atoms with Crippen molar-refractivity contribution in [3.63, 3.8) is 0 Å². The molecular weight excluding hydrogens is 304 g/mol. The molecule has 0 bridgehead atoms. The highest BCUT2D eigenvalue weighted by atomic mass is 16.5. The lowest BCUT2D eigenvalue weighted by Gasteiger charge is -2.07. The Morgan fingerprint density at radius 3 is 2.58 bits per heavy atom. The Morgan fingerprint density at radius 1 is 1.12 bits per heavy atom. The van der Waals surface area contributed by atoms with Crippen LogP contribution >= 0.6 is 0 Å². The fourth-order valence-electron chi connectivity index (χ4n) is 2.10. The molecular formula is C19H22N2O3. The molecule has 2 rings (SSSR count). The van der Waals surface area contributed by atoms with Crippen molar-refractivity contribution >= 4 is 17.4 Å². The highest BCUT2D eigenvalue weighted by molar-refractivity contribution is 6.00. The summed E-state index contributed by atoms with van der Waals surface area (Å²) in [5, 5.41) is 2.71. The number of Topliss-reactive ketones (excluding diaryl/α,β-unsaturated/α-hetero) is 1. The number of nitrogens with one attached hydrogen (secondary N) is 1. The first-order chi connectivity index (χ1) is 11.7. The zero-order valence-corrected chi connectivity index (χ0v) is 13.8. The van der Waals surface area contributed by atoms with Gasteiger partial charge in [-0.05, 0) is 42.8 Å². The number of ketones is 1. The van der Waals surface area contributed by atoms with Gasteiger partial charge in [-0.3, -0.25) is 14.6 Å². The van der Waals surface area contributed by atoms with Crippen LogP contribution in [0.15, 0.2) is 48.8 Å². The van der Waals surface area contributed by atoms with Crippen LogP contribution in [-0.4, -0.2) is 23.3 Å². The Labute approximate surface area is 142 Å². The third-order valence-electron chi connectivity index (χ3n) is 3.47. The highest BCUT2D eigenvalue weighted by Gasteiger charge is 2.10. The van der Waals surface area contributed by atoms with Gasteiger partial charge < -0.3 is 10.1 Å². The summed E-state index contributed by atoms with van der Waals surface area (Å²) >= 11 is 0. The molecule has 0 radical (unpaired) electrons. The number of carbonyl (C=O) groups excluding carboxylic acids is 2. The second-order valence-corrected chi connectivity index (χ2v) is 5.44.